The fraction of sp³-hybridized carbons (Fsp3) is 0.929. The summed E-state index contributed by atoms with van der Waals surface area (Å²) in [5.74, 6) is 0.169. The van der Waals surface area contributed by atoms with Crippen molar-refractivity contribution in [3.63, 3.8) is 0 Å². The van der Waals surface area contributed by atoms with E-state index in [4.69, 9.17) is 0 Å². The maximum atomic E-state index is 11.5. The summed E-state index contributed by atoms with van der Waals surface area (Å²) in [7, 11) is 0. The van der Waals surface area contributed by atoms with Gasteiger partial charge in [-0.15, -0.1) is 0 Å². The zero-order chi connectivity index (χ0) is 13.2. The highest BCUT2D eigenvalue weighted by atomic mass is 16.1. The first kappa shape index (κ1) is 15.4. The second-order valence-electron chi connectivity index (χ2n) is 5.19. The van der Waals surface area contributed by atoms with Crippen molar-refractivity contribution in [3.05, 3.63) is 0 Å². The zero-order valence-corrected chi connectivity index (χ0v) is 12.0. The minimum atomic E-state index is 0.169. The average Bonchev–Trinajstić information content (AvgIpc) is 2.37. The molecule has 4 nitrogen and oxygen atoms in total. The molecule has 2 N–H and O–H groups in total. The van der Waals surface area contributed by atoms with Gasteiger partial charge in [0.25, 0.3) is 0 Å². The van der Waals surface area contributed by atoms with Crippen molar-refractivity contribution >= 4 is 5.91 Å². The van der Waals surface area contributed by atoms with Crippen LogP contribution in [0.15, 0.2) is 0 Å². The molecule has 0 aliphatic carbocycles. The van der Waals surface area contributed by atoms with Gasteiger partial charge >= 0.3 is 0 Å². The third kappa shape index (κ3) is 6.36. The van der Waals surface area contributed by atoms with E-state index in [1.165, 1.54) is 25.8 Å². The van der Waals surface area contributed by atoms with Crippen LogP contribution < -0.4 is 10.6 Å². The quantitative estimate of drug-likeness (QED) is 0.644. The third-order valence-electron chi connectivity index (χ3n) is 3.66. The summed E-state index contributed by atoms with van der Waals surface area (Å²) in [5.41, 5.74) is 0. The number of carbonyl (C=O) groups is 1. The van der Waals surface area contributed by atoms with Gasteiger partial charge in [-0.05, 0) is 39.3 Å². The lowest BCUT2D eigenvalue weighted by atomic mass is 10.0. The van der Waals surface area contributed by atoms with Crippen LogP contribution in [0.25, 0.3) is 0 Å². The van der Waals surface area contributed by atoms with Crippen LogP contribution in [-0.2, 0) is 4.79 Å². The molecule has 0 radical (unpaired) electrons. The molecule has 0 aromatic rings. The van der Waals surface area contributed by atoms with Gasteiger partial charge in [-0.2, -0.15) is 0 Å². The normalized spacial score (nSPS) is 20.9. The number of piperidine rings is 1. The summed E-state index contributed by atoms with van der Waals surface area (Å²) in [6.45, 7) is 9.25. The van der Waals surface area contributed by atoms with E-state index in [0.717, 1.165) is 38.6 Å². The molecule has 0 bridgehead atoms. The second kappa shape index (κ2) is 9.34. The highest BCUT2D eigenvalue weighted by molar-refractivity contribution is 5.75. The summed E-state index contributed by atoms with van der Waals surface area (Å²) in [6.07, 6.45) is 5.69. The number of carbonyl (C=O) groups excluding carboxylic acids is 1. The first-order valence-corrected chi connectivity index (χ1v) is 7.45. The predicted octanol–water partition coefficient (Wildman–Crippen LogP) is 1.37. The fourth-order valence-corrected chi connectivity index (χ4v) is 2.47. The first-order chi connectivity index (χ1) is 8.74. The van der Waals surface area contributed by atoms with Crippen LogP contribution in [0.5, 0.6) is 0 Å². The number of hydrogen-bond acceptors (Lipinski definition) is 3. The Morgan fingerprint density at radius 2 is 2.17 bits per heavy atom. The zero-order valence-electron chi connectivity index (χ0n) is 12.0. The largest absolute Gasteiger partial charge is 0.356 e. The number of nitrogens with one attached hydrogen (secondary N) is 2. The van der Waals surface area contributed by atoms with E-state index in [2.05, 4.69) is 29.4 Å². The Labute approximate surface area is 111 Å². The number of amides is 1. The number of nitrogens with zero attached hydrogens (tertiary/aromatic N) is 1. The lowest BCUT2D eigenvalue weighted by Gasteiger charge is -2.33. The van der Waals surface area contributed by atoms with Crippen molar-refractivity contribution in [1.29, 1.82) is 0 Å². The molecule has 1 saturated heterocycles. The van der Waals surface area contributed by atoms with E-state index < -0.39 is 0 Å². The Hall–Kier alpha value is -0.610. The van der Waals surface area contributed by atoms with E-state index in [9.17, 15) is 4.79 Å². The van der Waals surface area contributed by atoms with Crippen LogP contribution in [0, 0.1) is 0 Å². The molecule has 0 aromatic heterocycles. The molecule has 1 amide bonds. The molecule has 1 atom stereocenters. The van der Waals surface area contributed by atoms with Crippen LogP contribution in [0.3, 0.4) is 0 Å². The molecule has 0 aromatic carbocycles. The summed E-state index contributed by atoms with van der Waals surface area (Å²) in [4.78, 5) is 14.0. The Balaban J connectivity index is 1.98. The van der Waals surface area contributed by atoms with Crippen LogP contribution in [0.2, 0.25) is 0 Å². The summed E-state index contributed by atoms with van der Waals surface area (Å²) >= 11 is 0. The van der Waals surface area contributed by atoms with Crippen molar-refractivity contribution in [2.75, 3.05) is 32.7 Å². The maximum Gasteiger partial charge on any atom is 0.221 e. The lowest BCUT2D eigenvalue weighted by molar-refractivity contribution is -0.121. The molecule has 1 rings (SSSR count). The van der Waals surface area contributed by atoms with Gasteiger partial charge in [0.2, 0.25) is 5.91 Å². The first-order valence-electron chi connectivity index (χ1n) is 7.45. The van der Waals surface area contributed by atoms with Gasteiger partial charge in [-0.1, -0.05) is 13.3 Å². The predicted molar refractivity (Wildman–Crippen MR) is 75.7 cm³/mol. The minimum absolute atomic E-state index is 0.169. The second-order valence-corrected chi connectivity index (χ2v) is 5.19. The fourth-order valence-electron chi connectivity index (χ4n) is 2.47. The standard InChI is InChI=1S/C14H29N3O/c1-3-15-10-8-14(18)16-9-6-12-17-11-5-4-7-13(17)2/h13,15H,3-12H2,1-2H3,(H,16,18). The molecule has 1 aliphatic heterocycles. The molecular weight excluding hydrogens is 226 g/mol. The monoisotopic (exact) mass is 255 g/mol. The SMILES string of the molecule is CCNCCC(=O)NCCCN1CCCCC1C. The molecule has 0 saturated carbocycles. The van der Waals surface area contributed by atoms with Gasteiger partial charge in [0, 0.05) is 32.1 Å². The van der Waals surface area contributed by atoms with Gasteiger partial charge < -0.3 is 15.5 Å². The Kier molecular flexibility index (Phi) is 8.01. The van der Waals surface area contributed by atoms with Crippen LogP contribution in [0.1, 0.15) is 46.0 Å². The van der Waals surface area contributed by atoms with Gasteiger partial charge in [0.1, 0.15) is 0 Å². The highest BCUT2D eigenvalue weighted by Crippen LogP contribution is 2.15. The van der Waals surface area contributed by atoms with Crippen molar-refractivity contribution < 1.29 is 4.79 Å². The maximum absolute atomic E-state index is 11.5. The number of likely N-dealkylation sites (tertiary alicyclic amines) is 1. The summed E-state index contributed by atoms with van der Waals surface area (Å²) < 4.78 is 0. The van der Waals surface area contributed by atoms with Crippen molar-refractivity contribution in [2.24, 2.45) is 0 Å². The third-order valence-corrected chi connectivity index (χ3v) is 3.66. The van der Waals surface area contributed by atoms with Gasteiger partial charge in [-0.3, -0.25) is 4.79 Å². The molecule has 4 heteroatoms. The van der Waals surface area contributed by atoms with Crippen molar-refractivity contribution in [3.8, 4) is 0 Å². The molecule has 0 spiro atoms. The Morgan fingerprint density at radius 1 is 1.33 bits per heavy atom. The van der Waals surface area contributed by atoms with Crippen LogP contribution in [0.4, 0.5) is 0 Å². The smallest absolute Gasteiger partial charge is 0.221 e. The summed E-state index contributed by atoms with van der Waals surface area (Å²) in [6, 6.07) is 0.725. The van der Waals surface area contributed by atoms with Crippen LogP contribution in [-0.4, -0.2) is 49.6 Å². The van der Waals surface area contributed by atoms with Crippen LogP contribution >= 0.6 is 0 Å². The van der Waals surface area contributed by atoms with Crippen molar-refractivity contribution in [1.82, 2.24) is 15.5 Å². The van der Waals surface area contributed by atoms with E-state index in [-0.39, 0.29) is 5.91 Å². The van der Waals surface area contributed by atoms with E-state index in [1.807, 2.05) is 0 Å². The summed E-state index contributed by atoms with van der Waals surface area (Å²) in [5, 5.41) is 6.15. The molecule has 1 heterocycles. The van der Waals surface area contributed by atoms with Gasteiger partial charge in [0.05, 0.1) is 0 Å². The van der Waals surface area contributed by atoms with E-state index in [0.29, 0.717) is 6.42 Å². The lowest BCUT2D eigenvalue weighted by Crippen LogP contribution is -2.39. The van der Waals surface area contributed by atoms with Gasteiger partial charge in [0.15, 0.2) is 0 Å². The molecule has 106 valence electrons. The Bertz CT molecular complexity index is 233. The number of hydrogen-bond donors (Lipinski definition) is 2. The average molecular weight is 255 g/mol. The highest BCUT2D eigenvalue weighted by Gasteiger charge is 2.17. The molecule has 1 unspecified atom stereocenters. The Morgan fingerprint density at radius 3 is 2.89 bits per heavy atom. The molecule has 18 heavy (non-hydrogen) atoms. The topological polar surface area (TPSA) is 44.4 Å². The molecular formula is C14H29N3O. The van der Waals surface area contributed by atoms with E-state index >= 15 is 0 Å². The minimum Gasteiger partial charge on any atom is -0.356 e. The number of rotatable bonds is 8. The molecule has 1 fully saturated rings. The van der Waals surface area contributed by atoms with Crippen molar-refractivity contribution in [2.45, 2.75) is 52.0 Å². The van der Waals surface area contributed by atoms with Gasteiger partial charge in [-0.25, -0.2) is 0 Å². The molecule has 1 aliphatic rings. The van der Waals surface area contributed by atoms with E-state index in [1.54, 1.807) is 0 Å².